The fourth-order valence-electron chi connectivity index (χ4n) is 1.31. The Hall–Kier alpha value is -1.97. The maximum atomic E-state index is 11.9. The Morgan fingerprint density at radius 2 is 2.13 bits per heavy atom. The van der Waals surface area contributed by atoms with Crippen LogP contribution in [0.1, 0.15) is 27.4 Å². The Kier molecular flexibility index (Phi) is 2.33. The van der Waals surface area contributed by atoms with Crippen molar-refractivity contribution < 1.29 is 9.21 Å². The summed E-state index contributed by atoms with van der Waals surface area (Å²) in [5.74, 6) is 0.453. The number of carbonyl (C=O) groups excluding carboxylic acids is 1. The predicted octanol–water partition coefficient (Wildman–Crippen LogP) is 1.92. The third kappa shape index (κ3) is 1.79. The fourth-order valence-corrected chi connectivity index (χ4v) is 1.31. The molecule has 2 aromatic rings. The highest BCUT2D eigenvalue weighted by Gasteiger charge is 2.14. The van der Waals surface area contributed by atoms with Gasteiger partial charge in [0.15, 0.2) is 0 Å². The second-order valence-electron chi connectivity index (χ2n) is 3.29. The molecule has 2 rings (SSSR count). The molecule has 0 radical (unpaired) electrons. The number of aryl methyl sites for hydroxylation is 2. The Balaban J connectivity index is 2.41. The summed E-state index contributed by atoms with van der Waals surface area (Å²) in [6.45, 7) is 3.57. The van der Waals surface area contributed by atoms with E-state index in [1.54, 1.807) is 25.5 Å². The van der Waals surface area contributed by atoms with E-state index in [1.165, 1.54) is 6.26 Å². The first-order chi connectivity index (χ1) is 7.18. The first-order valence-corrected chi connectivity index (χ1v) is 4.55. The van der Waals surface area contributed by atoms with Crippen LogP contribution in [0.3, 0.4) is 0 Å². The summed E-state index contributed by atoms with van der Waals surface area (Å²) < 4.78 is 4.95. The molecule has 4 nitrogen and oxygen atoms in total. The van der Waals surface area contributed by atoms with Gasteiger partial charge < -0.3 is 4.42 Å². The Morgan fingerprint density at radius 3 is 2.73 bits per heavy atom. The molecule has 0 amide bonds. The van der Waals surface area contributed by atoms with Crippen LogP contribution in [0, 0.1) is 13.8 Å². The van der Waals surface area contributed by atoms with Gasteiger partial charge in [0.05, 0.1) is 11.8 Å². The van der Waals surface area contributed by atoms with Crippen LogP contribution in [-0.2, 0) is 0 Å². The van der Waals surface area contributed by atoms with Gasteiger partial charge in [0.25, 0.3) is 0 Å². The second kappa shape index (κ2) is 3.65. The highest BCUT2D eigenvalue weighted by Crippen LogP contribution is 2.13. The van der Waals surface area contributed by atoms with Gasteiger partial charge in [-0.25, -0.2) is 9.97 Å². The molecule has 0 aliphatic carbocycles. The monoisotopic (exact) mass is 202 g/mol. The molecular weight excluding hydrogens is 192 g/mol. The van der Waals surface area contributed by atoms with Crippen LogP contribution in [0.2, 0.25) is 0 Å². The molecule has 0 fully saturated rings. The third-order valence-electron chi connectivity index (χ3n) is 2.11. The van der Waals surface area contributed by atoms with Crippen molar-refractivity contribution in [2.24, 2.45) is 0 Å². The van der Waals surface area contributed by atoms with Crippen LogP contribution in [0.25, 0.3) is 0 Å². The first-order valence-electron chi connectivity index (χ1n) is 4.55. The predicted molar refractivity (Wildman–Crippen MR) is 53.6 cm³/mol. The van der Waals surface area contributed by atoms with E-state index in [0.29, 0.717) is 17.1 Å². The fraction of sp³-hybridized carbons (Fsp3) is 0.182. The van der Waals surface area contributed by atoms with Gasteiger partial charge in [-0.2, -0.15) is 0 Å². The minimum absolute atomic E-state index is 0.133. The molecule has 0 bridgehead atoms. The zero-order chi connectivity index (χ0) is 10.8. The summed E-state index contributed by atoms with van der Waals surface area (Å²) >= 11 is 0. The molecule has 0 aliphatic rings. The van der Waals surface area contributed by atoms with Gasteiger partial charge in [-0.05, 0) is 25.5 Å². The summed E-state index contributed by atoms with van der Waals surface area (Å²) in [4.78, 5) is 19.9. The van der Waals surface area contributed by atoms with Crippen molar-refractivity contribution in [2.75, 3.05) is 0 Å². The molecule has 15 heavy (non-hydrogen) atoms. The number of rotatable bonds is 2. The number of furan rings is 1. The topological polar surface area (TPSA) is 56.0 Å². The van der Waals surface area contributed by atoms with Gasteiger partial charge in [0, 0.05) is 6.20 Å². The van der Waals surface area contributed by atoms with E-state index in [1.807, 2.05) is 6.92 Å². The van der Waals surface area contributed by atoms with E-state index in [0.717, 1.165) is 5.56 Å². The molecular formula is C11H10N2O2. The standard InChI is InChI=1S/C11H10N2O2/c1-7-5-15-6-9(7)11(14)10-3-4-12-8(2)13-10/h3-6H,1-2H3. The highest BCUT2D eigenvalue weighted by molar-refractivity contribution is 6.08. The molecule has 76 valence electrons. The van der Waals surface area contributed by atoms with Crippen LogP contribution < -0.4 is 0 Å². The minimum atomic E-state index is -0.133. The van der Waals surface area contributed by atoms with Gasteiger partial charge in [-0.3, -0.25) is 4.79 Å². The number of hydrogen-bond donors (Lipinski definition) is 0. The largest absolute Gasteiger partial charge is 0.472 e. The van der Waals surface area contributed by atoms with Gasteiger partial charge in [0.2, 0.25) is 5.78 Å². The lowest BCUT2D eigenvalue weighted by molar-refractivity contribution is 0.103. The van der Waals surface area contributed by atoms with Crippen molar-refractivity contribution in [3.8, 4) is 0 Å². The van der Waals surface area contributed by atoms with E-state index in [4.69, 9.17) is 4.42 Å². The molecule has 0 saturated heterocycles. The second-order valence-corrected chi connectivity index (χ2v) is 3.29. The summed E-state index contributed by atoms with van der Waals surface area (Å²) in [7, 11) is 0. The lowest BCUT2D eigenvalue weighted by Crippen LogP contribution is -2.05. The quantitative estimate of drug-likeness (QED) is 0.698. The van der Waals surface area contributed by atoms with E-state index >= 15 is 0 Å². The maximum absolute atomic E-state index is 11.9. The SMILES string of the molecule is Cc1nccc(C(=O)c2cocc2C)n1. The van der Waals surface area contributed by atoms with E-state index < -0.39 is 0 Å². The molecule has 0 aromatic carbocycles. The molecule has 0 aliphatic heterocycles. The molecule has 0 N–H and O–H groups in total. The zero-order valence-electron chi connectivity index (χ0n) is 8.52. The zero-order valence-corrected chi connectivity index (χ0v) is 8.52. The van der Waals surface area contributed by atoms with Crippen molar-refractivity contribution in [1.29, 1.82) is 0 Å². The van der Waals surface area contributed by atoms with Crippen LogP contribution in [0.5, 0.6) is 0 Å². The molecule has 2 heterocycles. The molecule has 0 spiro atoms. The average molecular weight is 202 g/mol. The van der Waals surface area contributed by atoms with Crippen molar-refractivity contribution in [3.63, 3.8) is 0 Å². The minimum Gasteiger partial charge on any atom is -0.472 e. The first kappa shape index (κ1) is 9.58. The Morgan fingerprint density at radius 1 is 1.33 bits per heavy atom. The summed E-state index contributed by atoms with van der Waals surface area (Å²) in [5.41, 5.74) is 1.76. The van der Waals surface area contributed by atoms with Crippen molar-refractivity contribution in [2.45, 2.75) is 13.8 Å². The van der Waals surface area contributed by atoms with Crippen LogP contribution >= 0.6 is 0 Å². The smallest absolute Gasteiger partial charge is 0.214 e. The number of ketones is 1. The maximum Gasteiger partial charge on any atom is 0.214 e. The normalized spacial score (nSPS) is 10.3. The average Bonchev–Trinajstić information content (AvgIpc) is 2.63. The van der Waals surface area contributed by atoms with Gasteiger partial charge in [-0.15, -0.1) is 0 Å². The number of hydrogen-bond acceptors (Lipinski definition) is 4. The third-order valence-corrected chi connectivity index (χ3v) is 2.11. The molecule has 4 heteroatoms. The lowest BCUT2D eigenvalue weighted by atomic mass is 10.1. The van der Waals surface area contributed by atoms with Gasteiger partial charge in [-0.1, -0.05) is 0 Å². The van der Waals surface area contributed by atoms with E-state index in [9.17, 15) is 4.79 Å². The highest BCUT2D eigenvalue weighted by atomic mass is 16.3. The lowest BCUT2D eigenvalue weighted by Gasteiger charge is -1.98. The van der Waals surface area contributed by atoms with Crippen LogP contribution in [0.15, 0.2) is 29.2 Å². The van der Waals surface area contributed by atoms with Crippen LogP contribution in [0.4, 0.5) is 0 Å². The van der Waals surface area contributed by atoms with Gasteiger partial charge >= 0.3 is 0 Å². The van der Waals surface area contributed by atoms with Crippen molar-refractivity contribution >= 4 is 5.78 Å². The number of carbonyl (C=O) groups is 1. The molecule has 0 atom stereocenters. The number of nitrogens with zero attached hydrogens (tertiary/aromatic N) is 2. The number of aromatic nitrogens is 2. The summed E-state index contributed by atoms with van der Waals surface area (Å²) in [6, 6.07) is 1.60. The summed E-state index contributed by atoms with van der Waals surface area (Å²) in [5, 5.41) is 0. The molecule has 2 aromatic heterocycles. The Bertz CT molecular complexity index is 503. The molecule has 0 unspecified atom stereocenters. The van der Waals surface area contributed by atoms with Crippen LogP contribution in [-0.4, -0.2) is 15.8 Å². The van der Waals surface area contributed by atoms with Gasteiger partial charge in [0.1, 0.15) is 17.8 Å². The van der Waals surface area contributed by atoms with E-state index in [2.05, 4.69) is 9.97 Å². The van der Waals surface area contributed by atoms with E-state index in [-0.39, 0.29) is 5.78 Å². The molecule has 0 saturated carbocycles. The van der Waals surface area contributed by atoms with Crippen molar-refractivity contribution in [3.05, 3.63) is 47.4 Å². The van der Waals surface area contributed by atoms with Crippen molar-refractivity contribution in [1.82, 2.24) is 9.97 Å². The summed E-state index contributed by atoms with van der Waals surface area (Å²) in [6.07, 6.45) is 4.56. The Labute approximate surface area is 87.0 Å².